The van der Waals surface area contributed by atoms with Crippen molar-refractivity contribution in [2.45, 2.75) is 13.3 Å². The fraction of sp³-hybridized carbons (Fsp3) is 0.105. The highest BCUT2D eigenvalue weighted by Crippen LogP contribution is 2.36. The third-order valence-corrected chi connectivity index (χ3v) is 4.72. The summed E-state index contributed by atoms with van der Waals surface area (Å²) in [6.07, 6.45) is 2.19. The van der Waals surface area contributed by atoms with Gasteiger partial charge in [0.05, 0.1) is 11.3 Å². The summed E-state index contributed by atoms with van der Waals surface area (Å²) in [6.45, 7) is 1.95. The standard InChI is InChI=1S/C19H16ClN5O/c1-9-2-3-10(20)6-12(9)17-14(18(22)26)7-15(24-17)11-4-5-23-19-13(11)8-16(21)25-19/h2-7,24H,8H2,1H3,(H2,22,26)(H2,21,23,25). The molecule has 2 aromatic heterocycles. The third-order valence-electron chi connectivity index (χ3n) is 4.48. The summed E-state index contributed by atoms with van der Waals surface area (Å²) in [5.74, 6) is 0.617. The predicted octanol–water partition coefficient (Wildman–Crippen LogP) is 3.35. The number of hydrogen-bond donors (Lipinski definition) is 3. The third kappa shape index (κ3) is 2.64. The monoisotopic (exact) mass is 365 g/mol. The molecule has 26 heavy (non-hydrogen) atoms. The predicted molar refractivity (Wildman–Crippen MR) is 103 cm³/mol. The van der Waals surface area contributed by atoms with Gasteiger partial charge in [-0.25, -0.2) is 9.98 Å². The Morgan fingerprint density at radius 1 is 1.23 bits per heavy atom. The minimum atomic E-state index is -0.511. The van der Waals surface area contributed by atoms with Gasteiger partial charge in [0, 0.05) is 40.0 Å². The number of pyridine rings is 1. The Balaban J connectivity index is 1.91. The van der Waals surface area contributed by atoms with E-state index in [1.807, 2.05) is 31.2 Å². The first-order chi connectivity index (χ1) is 12.4. The van der Waals surface area contributed by atoms with Crippen LogP contribution in [0.5, 0.6) is 0 Å². The minimum Gasteiger partial charge on any atom is -0.387 e. The van der Waals surface area contributed by atoms with Crippen LogP contribution in [0.25, 0.3) is 22.5 Å². The Kier molecular flexibility index (Phi) is 3.77. The summed E-state index contributed by atoms with van der Waals surface area (Å²) in [5, 5.41) is 0.586. The Bertz CT molecular complexity index is 1080. The van der Waals surface area contributed by atoms with Gasteiger partial charge in [-0.3, -0.25) is 4.79 Å². The molecule has 0 spiro atoms. The number of primary amides is 1. The van der Waals surface area contributed by atoms with Gasteiger partial charge in [-0.1, -0.05) is 17.7 Å². The van der Waals surface area contributed by atoms with Crippen LogP contribution in [0.3, 0.4) is 0 Å². The number of amides is 1. The SMILES string of the molecule is Cc1ccc(Cl)cc1-c1[nH]c(-c2ccnc3c2CC(N)=N3)cc1C(N)=O. The van der Waals surface area contributed by atoms with E-state index < -0.39 is 5.91 Å². The molecule has 7 heteroatoms. The van der Waals surface area contributed by atoms with Crippen LogP contribution >= 0.6 is 11.6 Å². The zero-order chi connectivity index (χ0) is 18.4. The molecule has 3 heterocycles. The first-order valence-electron chi connectivity index (χ1n) is 8.04. The molecule has 0 saturated carbocycles. The highest BCUT2D eigenvalue weighted by Gasteiger charge is 2.22. The van der Waals surface area contributed by atoms with E-state index in [0.717, 1.165) is 27.9 Å². The van der Waals surface area contributed by atoms with Gasteiger partial charge in [0.2, 0.25) is 0 Å². The number of carbonyl (C=O) groups excluding carboxylic acids is 1. The van der Waals surface area contributed by atoms with E-state index in [0.29, 0.717) is 34.4 Å². The summed E-state index contributed by atoms with van der Waals surface area (Å²) in [4.78, 5) is 23.9. The number of benzene rings is 1. The number of amidine groups is 1. The zero-order valence-corrected chi connectivity index (χ0v) is 14.8. The lowest BCUT2D eigenvalue weighted by atomic mass is 10.0. The number of aromatic nitrogens is 2. The molecule has 5 N–H and O–H groups in total. The van der Waals surface area contributed by atoms with Crippen molar-refractivity contribution in [1.29, 1.82) is 0 Å². The van der Waals surface area contributed by atoms with Crippen LogP contribution in [0.2, 0.25) is 5.02 Å². The average Bonchev–Trinajstić information content (AvgIpc) is 3.19. The molecule has 1 aliphatic heterocycles. The van der Waals surface area contributed by atoms with Crippen molar-refractivity contribution < 1.29 is 4.79 Å². The molecule has 1 aliphatic rings. The molecule has 1 amide bonds. The van der Waals surface area contributed by atoms with Gasteiger partial charge in [0.25, 0.3) is 5.91 Å². The van der Waals surface area contributed by atoms with E-state index in [1.54, 1.807) is 12.3 Å². The molecule has 3 aromatic rings. The maximum absolute atomic E-state index is 12.0. The Labute approximate surface area is 154 Å². The molecular formula is C19H16ClN5O. The summed E-state index contributed by atoms with van der Waals surface area (Å²) in [7, 11) is 0. The second-order valence-corrected chi connectivity index (χ2v) is 6.67. The molecule has 0 atom stereocenters. The van der Waals surface area contributed by atoms with Crippen LogP contribution in [0.1, 0.15) is 21.5 Å². The first kappa shape index (κ1) is 16.4. The van der Waals surface area contributed by atoms with E-state index in [-0.39, 0.29) is 0 Å². The van der Waals surface area contributed by atoms with E-state index in [2.05, 4.69) is 15.0 Å². The average molecular weight is 366 g/mol. The largest absolute Gasteiger partial charge is 0.387 e. The van der Waals surface area contributed by atoms with Crippen LogP contribution in [0.4, 0.5) is 5.82 Å². The number of aliphatic imine (C=N–C) groups is 1. The molecule has 0 saturated heterocycles. The van der Waals surface area contributed by atoms with E-state index in [1.165, 1.54) is 0 Å². The number of nitrogens with zero attached hydrogens (tertiary/aromatic N) is 2. The molecule has 1 aromatic carbocycles. The minimum absolute atomic E-state index is 0.405. The van der Waals surface area contributed by atoms with Crippen molar-refractivity contribution in [2.24, 2.45) is 16.5 Å². The normalized spacial score (nSPS) is 12.8. The smallest absolute Gasteiger partial charge is 0.250 e. The van der Waals surface area contributed by atoms with Gasteiger partial charge in [-0.15, -0.1) is 0 Å². The Morgan fingerprint density at radius 2 is 2.04 bits per heavy atom. The summed E-state index contributed by atoms with van der Waals surface area (Å²) >= 11 is 6.15. The van der Waals surface area contributed by atoms with Gasteiger partial charge in [-0.2, -0.15) is 0 Å². The molecular weight excluding hydrogens is 350 g/mol. The van der Waals surface area contributed by atoms with E-state index >= 15 is 0 Å². The molecule has 0 aliphatic carbocycles. The first-order valence-corrected chi connectivity index (χ1v) is 8.42. The van der Waals surface area contributed by atoms with Crippen molar-refractivity contribution in [1.82, 2.24) is 9.97 Å². The van der Waals surface area contributed by atoms with Gasteiger partial charge in [0.15, 0.2) is 5.82 Å². The van der Waals surface area contributed by atoms with Crippen LogP contribution < -0.4 is 11.5 Å². The Hall–Kier alpha value is -3.12. The second-order valence-electron chi connectivity index (χ2n) is 6.24. The number of halogens is 1. The molecule has 6 nitrogen and oxygen atoms in total. The molecule has 0 bridgehead atoms. The number of aromatic amines is 1. The van der Waals surface area contributed by atoms with Gasteiger partial charge in [0.1, 0.15) is 5.84 Å². The fourth-order valence-corrected chi connectivity index (χ4v) is 3.40. The summed E-state index contributed by atoms with van der Waals surface area (Å²) in [5.41, 5.74) is 16.9. The van der Waals surface area contributed by atoms with Gasteiger partial charge >= 0.3 is 0 Å². The van der Waals surface area contributed by atoms with E-state index in [9.17, 15) is 4.79 Å². The van der Waals surface area contributed by atoms with Crippen LogP contribution in [-0.4, -0.2) is 21.7 Å². The molecule has 130 valence electrons. The number of hydrogen-bond acceptors (Lipinski definition) is 4. The van der Waals surface area contributed by atoms with Gasteiger partial charge < -0.3 is 16.5 Å². The number of H-pyrrole nitrogens is 1. The topological polar surface area (TPSA) is 110 Å². The molecule has 0 fully saturated rings. The van der Waals surface area contributed by atoms with Crippen LogP contribution in [-0.2, 0) is 6.42 Å². The number of aryl methyl sites for hydroxylation is 1. The van der Waals surface area contributed by atoms with Crippen molar-refractivity contribution in [2.75, 3.05) is 0 Å². The lowest BCUT2D eigenvalue weighted by molar-refractivity contribution is 0.100. The number of nitrogens with one attached hydrogen (secondary N) is 1. The van der Waals surface area contributed by atoms with Crippen molar-refractivity contribution in [3.63, 3.8) is 0 Å². The molecule has 0 radical (unpaired) electrons. The van der Waals surface area contributed by atoms with Crippen molar-refractivity contribution >= 4 is 29.2 Å². The zero-order valence-electron chi connectivity index (χ0n) is 14.0. The number of carbonyl (C=O) groups is 1. The quantitative estimate of drug-likeness (QED) is 0.661. The van der Waals surface area contributed by atoms with Gasteiger partial charge in [-0.05, 0) is 36.8 Å². The molecule has 0 unspecified atom stereocenters. The lowest BCUT2D eigenvalue weighted by Crippen LogP contribution is -2.11. The number of nitrogens with two attached hydrogens (primary N) is 2. The maximum atomic E-state index is 12.0. The summed E-state index contributed by atoms with van der Waals surface area (Å²) < 4.78 is 0. The van der Waals surface area contributed by atoms with Crippen molar-refractivity contribution in [3.05, 3.63) is 58.2 Å². The number of fused-ring (bicyclic) bond motifs is 1. The van der Waals surface area contributed by atoms with Crippen molar-refractivity contribution in [3.8, 4) is 22.5 Å². The highest BCUT2D eigenvalue weighted by atomic mass is 35.5. The van der Waals surface area contributed by atoms with Crippen LogP contribution in [0, 0.1) is 6.92 Å². The number of rotatable bonds is 3. The van der Waals surface area contributed by atoms with Crippen LogP contribution in [0.15, 0.2) is 41.5 Å². The maximum Gasteiger partial charge on any atom is 0.250 e. The summed E-state index contributed by atoms with van der Waals surface area (Å²) in [6, 6.07) is 9.16. The second kappa shape index (κ2) is 6.00. The Morgan fingerprint density at radius 3 is 2.81 bits per heavy atom. The van der Waals surface area contributed by atoms with E-state index in [4.69, 9.17) is 23.1 Å². The lowest BCUT2D eigenvalue weighted by Gasteiger charge is -2.07. The molecule has 4 rings (SSSR count). The fourth-order valence-electron chi connectivity index (χ4n) is 3.23. The highest BCUT2D eigenvalue weighted by molar-refractivity contribution is 6.31.